The molecule has 7 heteroatoms. The Balaban J connectivity index is 3.78. The molecule has 0 rings (SSSR count). The number of carboxylic acid groups (broad SMARTS) is 1. The number of carboxylic acids is 1. The number of ether oxygens (including phenoxy) is 1. The van der Waals surface area contributed by atoms with E-state index in [1.165, 1.54) is 0 Å². The zero-order valence-corrected chi connectivity index (χ0v) is 12.1. The van der Waals surface area contributed by atoms with Gasteiger partial charge in [-0.1, -0.05) is 0 Å². The van der Waals surface area contributed by atoms with Crippen LogP contribution >= 0.6 is 0 Å². The molecule has 2 atom stereocenters. The van der Waals surface area contributed by atoms with E-state index in [1.807, 2.05) is 11.9 Å². The Kier molecular flexibility index (Phi) is 8.90. The summed E-state index contributed by atoms with van der Waals surface area (Å²) in [7, 11) is 3.58. The zero-order chi connectivity index (χ0) is 14.8. The van der Waals surface area contributed by atoms with E-state index in [-0.39, 0.29) is 6.03 Å². The molecule has 0 aliphatic rings. The van der Waals surface area contributed by atoms with Gasteiger partial charge in [-0.05, 0) is 20.9 Å². The molecule has 0 aliphatic heterocycles. The highest BCUT2D eigenvalue weighted by atomic mass is 16.5. The number of hydrogen-bond donors (Lipinski definition) is 3. The lowest BCUT2D eigenvalue weighted by Crippen LogP contribution is -2.46. The molecule has 0 spiro atoms. The van der Waals surface area contributed by atoms with Crippen LogP contribution in [-0.2, 0) is 9.53 Å². The van der Waals surface area contributed by atoms with Crippen molar-refractivity contribution in [3.8, 4) is 0 Å². The van der Waals surface area contributed by atoms with Crippen LogP contribution in [-0.4, -0.2) is 68.4 Å². The average Bonchev–Trinajstić information content (AvgIpc) is 2.34. The fourth-order valence-corrected chi connectivity index (χ4v) is 1.32. The normalized spacial score (nSPS) is 13.9. The second-order valence-electron chi connectivity index (χ2n) is 4.61. The lowest BCUT2D eigenvalue weighted by atomic mass is 10.0. The number of rotatable bonds is 9. The first-order valence-corrected chi connectivity index (χ1v) is 6.33. The van der Waals surface area contributed by atoms with Gasteiger partial charge in [0.15, 0.2) is 0 Å². The number of nitrogens with one attached hydrogen (secondary N) is 2. The van der Waals surface area contributed by atoms with E-state index in [1.54, 1.807) is 21.0 Å². The minimum atomic E-state index is -0.924. The number of amides is 2. The van der Waals surface area contributed by atoms with E-state index in [9.17, 15) is 9.59 Å². The maximum Gasteiger partial charge on any atom is 0.315 e. The van der Waals surface area contributed by atoms with Crippen LogP contribution in [0.25, 0.3) is 0 Å². The van der Waals surface area contributed by atoms with Gasteiger partial charge in [-0.2, -0.15) is 0 Å². The molecule has 0 bridgehead atoms. The number of aliphatic carboxylic acids is 1. The number of hydrogen-bond acceptors (Lipinski definition) is 4. The molecule has 3 N–H and O–H groups in total. The minimum absolute atomic E-state index is 0.347. The van der Waals surface area contributed by atoms with Crippen molar-refractivity contribution < 1.29 is 19.4 Å². The molecular formula is C12H25N3O4. The van der Waals surface area contributed by atoms with Crippen LogP contribution in [0.2, 0.25) is 0 Å². The predicted molar refractivity (Wildman–Crippen MR) is 72.2 cm³/mol. The quantitative estimate of drug-likeness (QED) is 0.550. The lowest BCUT2D eigenvalue weighted by molar-refractivity contribution is -0.141. The van der Waals surface area contributed by atoms with Crippen molar-refractivity contribution in [3.05, 3.63) is 0 Å². The van der Waals surface area contributed by atoms with Gasteiger partial charge in [0, 0.05) is 32.8 Å². The van der Waals surface area contributed by atoms with Crippen molar-refractivity contribution in [2.45, 2.75) is 19.9 Å². The van der Waals surface area contributed by atoms with Crippen LogP contribution in [0.1, 0.15) is 13.8 Å². The summed E-state index contributed by atoms with van der Waals surface area (Å²) in [5, 5.41) is 14.1. The standard InChI is InChI=1S/C12H25N3O4/c1-9(11(16)17)10(2)14-12(18)13-5-6-15(3)7-8-19-4/h9-10H,5-8H2,1-4H3,(H,16,17)(H2,13,14,18). The van der Waals surface area contributed by atoms with Crippen molar-refractivity contribution in [2.24, 2.45) is 5.92 Å². The monoisotopic (exact) mass is 275 g/mol. The average molecular weight is 275 g/mol. The summed E-state index contributed by atoms with van der Waals surface area (Å²) in [6, 6.07) is -0.760. The molecule has 0 saturated heterocycles. The van der Waals surface area contributed by atoms with Crippen LogP contribution < -0.4 is 10.6 Å². The molecule has 0 aromatic rings. The van der Waals surface area contributed by atoms with E-state index in [0.717, 1.165) is 6.54 Å². The highest BCUT2D eigenvalue weighted by Gasteiger charge is 2.20. The van der Waals surface area contributed by atoms with Crippen molar-refractivity contribution in [3.63, 3.8) is 0 Å². The topological polar surface area (TPSA) is 90.9 Å². The Bertz CT molecular complexity index is 286. The Hall–Kier alpha value is -1.34. The first kappa shape index (κ1) is 17.7. The van der Waals surface area contributed by atoms with E-state index in [4.69, 9.17) is 9.84 Å². The molecule has 0 aliphatic carbocycles. The van der Waals surface area contributed by atoms with Crippen LogP contribution in [0, 0.1) is 5.92 Å². The molecule has 19 heavy (non-hydrogen) atoms. The second-order valence-corrected chi connectivity index (χ2v) is 4.61. The van der Waals surface area contributed by atoms with Gasteiger partial charge < -0.3 is 25.4 Å². The molecule has 0 aromatic carbocycles. The van der Waals surface area contributed by atoms with Crippen molar-refractivity contribution in [1.82, 2.24) is 15.5 Å². The molecule has 0 radical (unpaired) electrons. The Morgan fingerprint density at radius 1 is 1.32 bits per heavy atom. The molecule has 7 nitrogen and oxygen atoms in total. The zero-order valence-electron chi connectivity index (χ0n) is 12.1. The fraction of sp³-hybridized carbons (Fsp3) is 0.833. The third kappa shape index (κ3) is 8.39. The summed E-state index contributed by atoms with van der Waals surface area (Å²) in [5.74, 6) is -1.54. The largest absolute Gasteiger partial charge is 0.481 e. The van der Waals surface area contributed by atoms with Gasteiger partial charge >= 0.3 is 12.0 Å². The molecule has 112 valence electrons. The Morgan fingerprint density at radius 3 is 2.47 bits per heavy atom. The van der Waals surface area contributed by atoms with Gasteiger partial charge in [0.2, 0.25) is 0 Å². The second kappa shape index (κ2) is 9.57. The number of carbonyl (C=O) groups is 2. The van der Waals surface area contributed by atoms with Gasteiger partial charge in [0.25, 0.3) is 0 Å². The summed E-state index contributed by atoms with van der Waals surface area (Å²) < 4.78 is 4.94. The van der Waals surface area contributed by atoms with Gasteiger partial charge in [0.05, 0.1) is 12.5 Å². The molecule has 2 unspecified atom stereocenters. The molecule has 0 fully saturated rings. The number of methoxy groups -OCH3 is 1. The Labute approximate surface area is 114 Å². The maximum absolute atomic E-state index is 11.5. The van der Waals surface area contributed by atoms with Crippen molar-refractivity contribution >= 4 is 12.0 Å². The number of urea groups is 1. The SMILES string of the molecule is COCCN(C)CCNC(=O)NC(C)C(C)C(=O)O. The number of carbonyl (C=O) groups excluding carboxylic acids is 1. The Morgan fingerprint density at radius 2 is 1.95 bits per heavy atom. The summed E-state index contributed by atoms with van der Waals surface area (Å²) in [6.07, 6.45) is 0. The van der Waals surface area contributed by atoms with E-state index < -0.39 is 17.9 Å². The van der Waals surface area contributed by atoms with Crippen LogP contribution in [0.3, 0.4) is 0 Å². The van der Waals surface area contributed by atoms with Gasteiger partial charge in [-0.25, -0.2) is 4.79 Å². The first-order chi connectivity index (χ1) is 8.88. The highest BCUT2D eigenvalue weighted by molar-refractivity contribution is 5.76. The van der Waals surface area contributed by atoms with Crippen LogP contribution in [0.4, 0.5) is 4.79 Å². The maximum atomic E-state index is 11.5. The molecule has 2 amide bonds. The first-order valence-electron chi connectivity index (χ1n) is 6.33. The summed E-state index contributed by atoms with van der Waals surface area (Å²) in [5.41, 5.74) is 0. The summed E-state index contributed by atoms with van der Waals surface area (Å²) in [6.45, 7) is 5.89. The van der Waals surface area contributed by atoms with E-state index in [0.29, 0.717) is 19.7 Å². The fourth-order valence-electron chi connectivity index (χ4n) is 1.32. The van der Waals surface area contributed by atoms with Gasteiger partial charge in [-0.3, -0.25) is 4.79 Å². The predicted octanol–water partition coefficient (Wildman–Crippen LogP) is -0.0270. The van der Waals surface area contributed by atoms with Crippen LogP contribution in [0.5, 0.6) is 0 Å². The number of nitrogens with zero attached hydrogens (tertiary/aromatic N) is 1. The summed E-state index contributed by atoms with van der Waals surface area (Å²) in [4.78, 5) is 24.3. The minimum Gasteiger partial charge on any atom is -0.481 e. The lowest BCUT2D eigenvalue weighted by Gasteiger charge is -2.19. The summed E-state index contributed by atoms with van der Waals surface area (Å²) >= 11 is 0. The molecule has 0 heterocycles. The molecule has 0 saturated carbocycles. The van der Waals surface area contributed by atoms with Gasteiger partial charge in [0.1, 0.15) is 0 Å². The molecule has 0 aromatic heterocycles. The highest BCUT2D eigenvalue weighted by Crippen LogP contribution is 2.01. The van der Waals surface area contributed by atoms with E-state index >= 15 is 0 Å². The molecular weight excluding hydrogens is 250 g/mol. The van der Waals surface area contributed by atoms with Crippen molar-refractivity contribution in [1.29, 1.82) is 0 Å². The van der Waals surface area contributed by atoms with Gasteiger partial charge in [-0.15, -0.1) is 0 Å². The third-order valence-electron chi connectivity index (χ3n) is 2.95. The van der Waals surface area contributed by atoms with Crippen molar-refractivity contribution in [2.75, 3.05) is 40.4 Å². The smallest absolute Gasteiger partial charge is 0.315 e. The third-order valence-corrected chi connectivity index (χ3v) is 2.95. The van der Waals surface area contributed by atoms with E-state index in [2.05, 4.69) is 10.6 Å². The number of likely N-dealkylation sites (N-methyl/N-ethyl adjacent to an activating group) is 1. The van der Waals surface area contributed by atoms with Crippen LogP contribution in [0.15, 0.2) is 0 Å².